The molecule has 2 rings (SSSR count). The molecule has 5 heteroatoms. The molecule has 0 atom stereocenters. The quantitative estimate of drug-likeness (QED) is 0.731. The Morgan fingerprint density at radius 2 is 2.15 bits per heavy atom. The minimum Gasteiger partial charge on any atom is -0.441 e. The Kier molecular flexibility index (Phi) is 6.07. The predicted octanol–water partition coefficient (Wildman–Crippen LogP) is 4.69. The van der Waals surface area contributed by atoms with Crippen molar-refractivity contribution >= 4 is 27.5 Å². The van der Waals surface area contributed by atoms with Crippen molar-refractivity contribution in [1.29, 1.82) is 0 Å². The normalized spacial score (nSPS) is 10.9. The van der Waals surface area contributed by atoms with Crippen LogP contribution in [0.5, 0.6) is 0 Å². The van der Waals surface area contributed by atoms with E-state index in [1.165, 1.54) is 0 Å². The third-order valence-electron chi connectivity index (χ3n) is 2.87. The van der Waals surface area contributed by atoms with Gasteiger partial charge >= 0.3 is 0 Å². The molecule has 0 aliphatic rings. The van der Waals surface area contributed by atoms with Gasteiger partial charge in [0, 0.05) is 21.5 Å². The van der Waals surface area contributed by atoms with Gasteiger partial charge in [-0.25, -0.2) is 4.98 Å². The van der Waals surface area contributed by atoms with E-state index in [2.05, 4.69) is 33.2 Å². The number of oxazole rings is 1. The van der Waals surface area contributed by atoms with Crippen molar-refractivity contribution in [3.8, 4) is 11.3 Å². The summed E-state index contributed by atoms with van der Waals surface area (Å²) < 4.78 is 6.70. The SMILES string of the molecule is CCCNCCCc1ncc(-c2cc(Cl)cc(Br)c2)o1. The molecule has 108 valence electrons. The topological polar surface area (TPSA) is 38.1 Å². The van der Waals surface area contributed by atoms with Crippen LogP contribution >= 0.6 is 27.5 Å². The van der Waals surface area contributed by atoms with Crippen LogP contribution in [0.4, 0.5) is 0 Å². The Morgan fingerprint density at radius 3 is 2.90 bits per heavy atom. The zero-order chi connectivity index (χ0) is 14.4. The average Bonchev–Trinajstić information content (AvgIpc) is 2.86. The Morgan fingerprint density at radius 1 is 1.30 bits per heavy atom. The van der Waals surface area contributed by atoms with E-state index in [-0.39, 0.29) is 0 Å². The van der Waals surface area contributed by atoms with Crippen molar-refractivity contribution in [2.75, 3.05) is 13.1 Å². The second-order valence-electron chi connectivity index (χ2n) is 4.63. The zero-order valence-electron chi connectivity index (χ0n) is 11.5. The van der Waals surface area contributed by atoms with E-state index >= 15 is 0 Å². The van der Waals surface area contributed by atoms with E-state index in [1.54, 1.807) is 6.20 Å². The van der Waals surface area contributed by atoms with Gasteiger partial charge in [-0.3, -0.25) is 0 Å². The third-order valence-corrected chi connectivity index (χ3v) is 3.55. The van der Waals surface area contributed by atoms with Crippen LogP contribution in [0, 0.1) is 0 Å². The Balaban J connectivity index is 1.94. The first kappa shape index (κ1) is 15.5. The lowest BCUT2D eigenvalue weighted by molar-refractivity contribution is 0.491. The highest BCUT2D eigenvalue weighted by molar-refractivity contribution is 9.10. The van der Waals surface area contributed by atoms with Crippen molar-refractivity contribution < 1.29 is 4.42 Å². The molecule has 0 saturated heterocycles. The fraction of sp³-hybridized carbons (Fsp3) is 0.400. The maximum absolute atomic E-state index is 6.04. The van der Waals surface area contributed by atoms with Crippen LogP contribution in [0.15, 0.2) is 33.3 Å². The number of hydrogen-bond donors (Lipinski definition) is 1. The van der Waals surface area contributed by atoms with Crippen molar-refractivity contribution in [3.05, 3.63) is 39.8 Å². The van der Waals surface area contributed by atoms with Crippen LogP contribution in [-0.2, 0) is 6.42 Å². The van der Waals surface area contributed by atoms with Crippen molar-refractivity contribution in [1.82, 2.24) is 10.3 Å². The first-order chi connectivity index (χ1) is 9.69. The largest absolute Gasteiger partial charge is 0.441 e. The van der Waals surface area contributed by atoms with Gasteiger partial charge in [0.05, 0.1) is 6.20 Å². The summed E-state index contributed by atoms with van der Waals surface area (Å²) in [6.07, 6.45) is 4.79. The summed E-state index contributed by atoms with van der Waals surface area (Å²) in [6, 6.07) is 5.69. The molecule has 0 radical (unpaired) electrons. The molecule has 0 unspecified atom stereocenters. The smallest absolute Gasteiger partial charge is 0.194 e. The summed E-state index contributed by atoms with van der Waals surface area (Å²) in [5.41, 5.74) is 0.937. The molecule has 2 aromatic rings. The minimum absolute atomic E-state index is 0.677. The van der Waals surface area contributed by atoms with E-state index in [0.717, 1.165) is 54.0 Å². The highest BCUT2D eigenvalue weighted by atomic mass is 79.9. The maximum Gasteiger partial charge on any atom is 0.194 e. The average molecular weight is 358 g/mol. The number of nitrogens with zero attached hydrogens (tertiary/aromatic N) is 1. The number of hydrogen-bond acceptors (Lipinski definition) is 3. The number of nitrogens with one attached hydrogen (secondary N) is 1. The summed E-state index contributed by atoms with van der Waals surface area (Å²) in [7, 11) is 0. The summed E-state index contributed by atoms with van der Waals surface area (Å²) >= 11 is 9.47. The van der Waals surface area contributed by atoms with E-state index in [4.69, 9.17) is 16.0 Å². The second kappa shape index (κ2) is 7.81. The van der Waals surface area contributed by atoms with Crippen LogP contribution in [0.1, 0.15) is 25.7 Å². The minimum atomic E-state index is 0.677. The van der Waals surface area contributed by atoms with Gasteiger partial charge in [0.2, 0.25) is 0 Å². The van der Waals surface area contributed by atoms with Gasteiger partial charge in [-0.15, -0.1) is 0 Å². The highest BCUT2D eigenvalue weighted by Crippen LogP contribution is 2.28. The molecular formula is C15H18BrClN2O. The lowest BCUT2D eigenvalue weighted by atomic mass is 10.2. The zero-order valence-corrected chi connectivity index (χ0v) is 13.8. The molecule has 0 amide bonds. The standard InChI is InChI=1S/C15H18BrClN2O/c1-2-5-18-6-3-4-15-19-10-14(20-15)11-7-12(16)9-13(17)8-11/h7-10,18H,2-6H2,1H3. The van der Waals surface area contributed by atoms with E-state index in [0.29, 0.717) is 5.02 Å². The van der Waals surface area contributed by atoms with Crippen LogP contribution in [0.3, 0.4) is 0 Å². The Labute approximate surface area is 132 Å². The van der Waals surface area contributed by atoms with E-state index < -0.39 is 0 Å². The molecule has 3 nitrogen and oxygen atoms in total. The number of aromatic nitrogens is 1. The van der Waals surface area contributed by atoms with Crippen LogP contribution < -0.4 is 5.32 Å². The molecule has 1 aromatic heterocycles. The first-order valence-electron chi connectivity index (χ1n) is 6.81. The molecule has 0 aliphatic heterocycles. The lowest BCUT2D eigenvalue weighted by Gasteiger charge is -2.01. The van der Waals surface area contributed by atoms with E-state index in [9.17, 15) is 0 Å². The summed E-state index contributed by atoms with van der Waals surface area (Å²) in [4.78, 5) is 4.32. The lowest BCUT2D eigenvalue weighted by Crippen LogP contribution is -2.16. The van der Waals surface area contributed by atoms with Gasteiger partial charge in [-0.2, -0.15) is 0 Å². The number of aryl methyl sites for hydroxylation is 1. The Bertz CT molecular complexity index is 536. The number of halogens is 2. The van der Waals surface area contributed by atoms with Crippen LogP contribution in [0.2, 0.25) is 5.02 Å². The molecular weight excluding hydrogens is 340 g/mol. The molecule has 0 bridgehead atoms. The maximum atomic E-state index is 6.04. The number of benzene rings is 1. The summed E-state index contributed by atoms with van der Waals surface area (Å²) in [5.74, 6) is 1.53. The molecule has 0 saturated carbocycles. The van der Waals surface area contributed by atoms with Crippen molar-refractivity contribution in [2.24, 2.45) is 0 Å². The molecule has 1 aromatic carbocycles. The summed E-state index contributed by atoms with van der Waals surface area (Å²) in [5, 5.41) is 4.04. The van der Waals surface area contributed by atoms with E-state index in [1.807, 2.05) is 18.2 Å². The van der Waals surface area contributed by atoms with Gasteiger partial charge < -0.3 is 9.73 Å². The fourth-order valence-corrected chi connectivity index (χ4v) is 2.78. The van der Waals surface area contributed by atoms with Gasteiger partial charge in [0.1, 0.15) is 0 Å². The molecule has 20 heavy (non-hydrogen) atoms. The molecule has 1 N–H and O–H groups in total. The first-order valence-corrected chi connectivity index (χ1v) is 7.98. The Hall–Kier alpha value is -0.840. The molecule has 0 spiro atoms. The third kappa shape index (κ3) is 4.62. The van der Waals surface area contributed by atoms with Gasteiger partial charge in [-0.05, 0) is 44.1 Å². The number of rotatable bonds is 7. The monoisotopic (exact) mass is 356 g/mol. The van der Waals surface area contributed by atoms with Crippen molar-refractivity contribution in [2.45, 2.75) is 26.2 Å². The van der Waals surface area contributed by atoms with Crippen LogP contribution in [-0.4, -0.2) is 18.1 Å². The fourth-order valence-electron chi connectivity index (χ4n) is 1.92. The molecule has 1 heterocycles. The second-order valence-corrected chi connectivity index (χ2v) is 5.98. The molecule has 0 fully saturated rings. The highest BCUT2D eigenvalue weighted by Gasteiger charge is 2.08. The van der Waals surface area contributed by atoms with Crippen molar-refractivity contribution in [3.63, 3.8) is 0 Å². The van der Waals surface area contributed by atoms with Gasteiger partial charge in [0.15, 0.2) is 11.7 Å². The predicted molar refractivity (Wildman–Crippen MR) is 86.1 cm³/mol. The van der Waals surface area contributed by atoms with Gasteiger partial charge in [-0.1, -0.05) is 34.5 Å². The molecule has 0 aliphatic carbocycles. The van der Waals surface area contributed by atoms with Crippen LogP contribution in [0.25, 0.3) is 11.3 Å². The summed E-state index contributed by atoms with van der Waals surface area (Å²) in [6.45, 7) is 4.22. The van der Waals surface area contributed by atoms with Gasteiger partial charge in [0.25, 0.3) is 0 Å².